The fraction of sp³-hybridized carbons (Fsp3) is 0.400. The number of benzene rings is 2. The zero-order valence-electron chi connectivity index (χ0n) is 29.3. The van der Waals surface area contributed by atoms with Gasteiger partial charge in [-0.3, -0.25) is 14.9 Å². The first-order valence-corrected chi connectivity index (χ1v) is 17.4. The molecule has 1 aromatic heterocycles. The molecule has 17 heteroatoms. The first-order valence-electron chi connectivity index (χ1n) is 16.5. The van der Waals surface area contributed by atoms with Crippen molar-refractivity contribution in [3.05, 3.63) is 70.7 Å². The number of hydrogen-bond donors (Lipinski definition) is 6. The Morgan fingerprint density at radius 1 is 0.962 bits per heavy atom. The topological polar surface area (TPSA) is 219 Å². The minimum Gasteiger partial charge on any atom is -0.478 e. The predicted octanol–water partition coefficient (Wildman–Crippen LogP) is 3.19. The third-order valence-corrected chi connectivity index (χ3v) is 8.79. The fourth-order valence-electron chi connectivity index (χ4n) is 5.38. The van der Waals surface area contributed by atoms with Gasteiger partial charge in [-0.2, -0.15) is 0 Å². The lowest BCUT2D eigenvalue weighted by Gasteiger charge is -2.37. The number of thiazole rings is 1. The summed E-state index contributed by atoms with van der Waals surface area (Å²) >= 11 is 0.967. The predicted molar refractivity (Wildman–Crippen MR) is 191 cm³/mol. The maximum atomic E-state index is 13.4. The fourth-order valence-corrected chi connectivity index (χ4v) is 6.06. The van der Waals surface area contributed by atoms with Gasteiger partial charge in [0.2, 0.25) is 11.5 Å². The molecule has 0 bridgehead atoms. The van der Waals surface area contributed by atoms with Crippen LogP contribution in [0.4, 0.5) is 14.7 Å². The first-order chi connectivity index (χ1) is 24.6. The molecule has 16 nitrogen and oxygen atoms in total. The molecule has 2 aromatic carbocycles. The van der Waals surface area contributed by atoms with Gasteiger partial charge in [0.05, 0.1) is 6.04 Å². The molecule has 0 unspecified atom stereocenters. The van der Waals surface area contributed by atoms with E-state index in [1.54, 1.807) is 20.8 Å². The van der Waals surface area contributed by atoms with Crippen LogP contribution >= 0.6 is 11.3 Å². The minimum atomic E-state index is -1.80. The van der Waals surface area contributed by atoms with E-state index in [1.165, 1.54) is 19.2 Å². The highest BCUT2D eigenvalue weighted by Gasteiger charge is 2.41. The van der Waals surface area contributed by atoms with Crippen LogP contribution in [0, 0.1) is 0 Å². The Kier molecular flexibility index (Phi) is 11.4. The highest BCUT2D eigenvalue weighted by Crippen LogP contribution is 2.44. The van der Waals surface area contributed by atoms with E-state index in [0.717, 1.165) is 33.6 Å². The number of rotatable bonds is 14. The Hall–Kier alpha value is -5.55. The largest absolute Gasteiger partial charge is 0.478 e. The van der Waals surface area contributed by atoms with Gasteiger partial charge in [-0.25, -0.2) is 19.4 Å². The van der Waals surface area contributed by atoms with Crippen molar-refractivity contribution in [1.29, 1.82) is 0 Å². The molecule has 2 aliphatic rings. The van der Waals surface area contributed by atoms with Crippen LogP contribution in [-0.2, 0) is 28.7 Å². The third kappa shape index (κ3) is 9.21. The lowest BCUT2D eigenvalue weighted by molar-refractivity contribution is -0.161. The normalized spacial score (nSPS) is 16.8. The molecule has 0 saturated carbocycles. The molecule has 3 aromatic rings. The van der Waals surface area contributed by atoms with Crippen LogP contribution in [-0.4, -0.2) is 95.3 Å². The number of oxime groups is 1. The van der Waals surface area contributed by atoms with Crippen LogP contribution in [0.3, 0.4) is 0 Å². The van der Waals surface area contributed by atoms with Crippen LogP contribution in [0.1, 0.15) is 57.4 Å². The number of fused-ring (bicyclic) bond motifs is 3. The molecule has 0 spiro atoms. The molecule has 0 radical (unpaired) electrons. The van der Waals surface area contributed by atoms with E-state index in [0.29, 0.717) is 6.54 Å². The number of nitrogens with zero attached hydrogens (tertiary/aromatic N) is 2. The summed E-state index contributed by atoms with van der Waals surface area (Å²) in [7, 11) is 0. The van der Waals surface area contributed by atoms with Crippen LogP contribution in [0.2, 0.25) is 0 Å². The van der Waals surface area contributed by atoms with Crippen molar-refractivity contribution in [2.75, 3.05) is 31.6 Å². The number of amides is 4. The van der Waals surface area contributed by atoms with Gasteiger partial charge in [0.15, 0.2) is 10.8 Å². The first kappa shape index (κ1) is 37.7. The molecule has 2 heterocycles. The Labute approximate surface area is 303 Å². The summed E-state index contributed by atoms with van der Waals surface area (Å²) in [6.07, 6.45) is -1.33. The smallest absolute Gasteiger partial charge is 0.413 e. The average molecular weight is 736 g/mol. The van der Waals surface area contributed by atoms with Gasteiger partial charge in [-0.1, -0.05) is 53.7 Å². The molecular formula is C35H41N7O9S. The SMILES string of the molecule is CC(C)(C)OC(=O)Nc1nc(C(=NOC(C)(C)C(=O)O)C(=O)N[C@@H]2C(=O)N[C@H]2CNCCNC(=O)OCC2c3ccccc3-c3ccccc32)cs1. The Morgan fingerprint density at radius 3 is 2.23 bits per heavy atom. The van der Waals surface area contributed by atoms with Crippen LogP contribution in [0.15, 0.2) is 59.1 Å². The van der Waals surface area contributed by atoms with E-state index < -0.39 is 59.0 Å². The summed E-state index contributed by atoms with van der Waals surface area (Å²) in [5.41, 5.74) is 1.49. The van der Waals surface area contributed by atoms with Gasteiger partial charge < -0.3 is 40.7 Å². The molecule has 4 amide bonds. The maximum Gasteiger partial charge on any atom is 0.413 e. The summed E-state index contributed by atoms with van der Waals surface area (Å²) in [4.78, 5) is 71.5. The van der Waals surface area contributed by atoms with Gasteiger partial charge in [-0.05, 0) is 56.9 Å². The van der Waals surface area contributed by atoms with Crippen LogP contribution in [0.5, 0.6) is 0 Å². The number of carboxylic acids is 1. The van der Waals surface area contributed by atoms with Gasteiger partial charge >= 0.3 is 18.2 Å². The van der Waals surface area contributed by atoms with Crippen molar-refractivity contribution in [3.8, 4) is 11.1 Å². The van der Waals surface area contributed by atoms with Gasteiger partial charge in [0.1, 0.15) is 23.9 Å². The van der Waals surface area contributed by atoms with Crippen molar-refractivity contribution in [3.63, 3.8) is 0 Å². The summed E-state index contributed by atoms with van der Waals surface area (Å²) in [6.45, 7) is 8.59. The standard InChI is InChI=1S/C35H41N7O9S/c1-34(2,3)50-33(48)41-31-39-25(18-52-31)27(42-51-35(4,5)30(45)46)29(44)40-26-24(38-28(26)43)16-36-14-15-37-32(47)49-17-23-21-12-8-6-10-19(21)20-11-7-9-13-22(20)23/h6-13,18,23-24,26,36H,14-17H2,1-5H3,(H,37,47)(H,38,43)(H,40,44)(H,45,46)(H,39,41,48)/t24-,26-/m0/s1. The quantitative estimate of drug-likeness (QED) is 0.0611. The molecule has 276 valence electrons. The highest BCUT2D eigenvalue weighted by atomic mass is 32.1. The molecule has 1 aliphatic carbocycles. The van der Waals surface area contributed by atoms with Crippen molar-refractivity contribution >= 4 is 52.2 Å². The molecule has 52 heavy (non-hydrogen) atoms. The number of β-lactam (4-membered cyclic amide) rings is 1. The van der Waals surface area contributed by atoms with Gasteiger partial charge in [0.25, 0.3) is 5.91 Å². The number of carboxylic acid groups (broad SMARTS) is 1. The number of hydrogen-bond acceptors (Lipinski definition) is 12. The minimum absolute atomic E-state index is 0.0385. The second-order valence-electron chi connectivity index (χ2n) is 13.5. The summed E-state index contributed by atoms with van der Waals surface area (Å²) in [5, 5.41) is 28.3. The van der Waals surface area contributed by atoms with Crippen molar-refractivity contribution in [2.45, 2.75) is 63.8 Å². The monoisotopic (exact) mass is 735 g/mol. The molecule has 1 saturated heterocycles. The number of aromatic nitrogens is 1. The van der Waals surface area contributed by atoms with Crippen molar-refractivity contribution in [1.82, 2.24) is 26.3 Å². The summed E-state index contributed by atoms with van der Waals surface area (Å²) in [6, 6.07) is 14.7. The zero-order chi connectivity index (χ0) is 37.6. The van der Waals surface area contributed by atoms with Gasteiger partial charge in [-0.15, -0.1) is 11.3 Å². The zero-order valence-corrected chi connectivity index (χ0v) is 30.1. The van der Waals surface area contributed by atoms with E-state index >= 15 is 0 Å². The number of ether oxygens (including phenoxy) is 2. The number of alkyl carbamates (subject to hydrolysis) is 1. The van der Waals surface area contributed by atoms with E-state index in [-0.39, 0.29) is 36.4 Å². The molecular weight excluding hydrogens is 694 g/mol. The number of carbonyl (C=O) groups is 5. The van der Waals surface area contributed by atoms with E-state index in [4.69, 9.17) is 14.3 Å². The number of aliphatic carboxylic acids is 1. The third-order valence-electron chi connectivity index (χ3n) is 8.03. The highest BCUT2D eigenvalue weighted by molar-refractivity contribution is 7.14. The Bertz CT molecular complexity index is 1820. The molecule has 1 fully saturated rings. The molecule has 1 aliphatic heterocycles. The lowest BCUT2D eigenvalue weighted by Crippen LogP contribution is -2.72. The average Bonchev–Trinajstić information content (AvgIpc) is 3.66. The number of anilines is 1. The van der Waals surface area contributed by atoms with E-state index in [9.17, 15) is 29.1 Å². The van der Waals surface area contributed by atoms with Crippen LogP contribution < -0.4 is 26.6 Å². The van der Waals surface area contributed by atoms with Crippen molar-refractivity contribution < 1.29 is 43.4 Å². The Morgan fingerprint density at radius 2 is 1.62 bits per heavy atom. The molecule has 6 N–H and O–H groups in total. The second-order valence-corrected chi connectivity index (χ2v) is 14.4. The Balaban J connectivity index is 1.11. The molecule has 5 rings (SSSR count). The number of carbonyl (C=O) groups excluding carboxylic acids is 4. The van der Waals surface area contributed by atoms with E-state index in [2.05, 4.69) is 48.9 Å². The molecule has 2 atom stereocenters. The number of nitrogens with one attached hydrogen (secondary N) is 5. The maximum absolute atomic E-state index is 13.4. The van der Waals surface area contributed by atoms with E-state index in [1.807, 2.05) is 36.4 Å². The summed E-state index contributed by atoms with van der Waals surface area (Å²) < 4.78 is 10.8. The lowest BCUT2D eigenvalue weighted by atomic mass is 9.98. The van der Waals surface area contributed by atoms with Crippen molar-refractivity contribution in [2.24, 2.45) is 5.16 Å². The second kappa shape index (κ2) is 15.8. The van der Waals surface area contributed by atoms with Gasteiger partial charge in [0, 0.05) is 30.9 Å². The summed E-state index contributed by atoms with van der Waals surface area (Å²) in [5.74, 6) is -2.71. The van der Waals surface area contributed by atoms with Crippen LogP contribution in [0.25, 0.3) is 11.1 Å².